The minimum atomic E-state index is -0.419. The maximum absolute atomic E-state index is 10.9. The van der Waals surface area contributed by atoms with Crippen LogP contribution in [0.5, 0.6) is 0 Å². The van der Waals surface area contributed by atoms with Crippen molar-refractivity contribution in [1.82, 2.24) is 0 Å². The van der Waals surface area contributed by atoms with E-state index in [0.29, 0.717) is 21.4 Å². The Labute approximate surface area is 138 Å². The number of aryl methyl sites for hydroxylation is 1. The van der Waals surface area contributed by atoms with Gasteiger partial charge in [0.2, 0.25) is 0 Å². The molecule has 114 valence electrons. The number of rotatable bonds is 3. The maximum atomic E-state index is 10.9. The van der Waals surface area contributed by atoms with Crippen LogP contribution in [0.1, 0.15) is 11.1 Å². The fraction of sp³-hybridized carbons (Fsp3) is 0.133. The molecule has 0 fully saturated rings. The number of hydrogen-bond acceptors (Lipinski definition) is 3. The van der Waals surface area contributed by atoms with Crippen LogP contribution < -0.4 is 10.6 Å². The molecule has 22 heavy (non-hydrogen) atoms. The molecule has 2 aromatic rings. The molecule has 0 aliphatic heterocycles. The third-order valence-corrected chi connectivity index (χ3v) is 3.64. The average molecular weight is 336 g/mol. The fourth-order valence-electron chi connectivity index (χ4n) is 1.96. The van der Waals surface area contributed by atoms with Crippen LogP contribution in [0.3, 0.4) is 0 Å². The molecule has 5 nitrogen and oxygen atoms in total. The Morgan fingerprint density at radius 1 is 1.18 bits per heavy atom. The van der Waals surface area contributed by atoms with E-state index in [1.807, 2.05) is 13.0 Å². The number of nitro benzene ring substituents is 1. The first-order valence-electron chi connectivity index (χ1n) is 6.46. The molecular formula is C15H14ClN3O2S. The highest BCUT2D eigenvalue weighted by atomic mass is 35.5. The van der Waals surface area contributed by atoms with Crippen molar-refractivity contribution in [2.24, 2.45) is 0 Å². The number of nitro groups is 1. The summed E-state index contributed by atoms with van der Waals surface area (Å²) >= 11 is 11.2. The van der Waals surface area contributed by atoms with Gasteiger partial charge in [-0.15, -0.1) is 0 Å². The van der Waals surface area contributed by atoms with E-state index < -0.39 is 4.92 Å². The predicted octanol–water partition coefficient (Wildman–Crippen LogP) is 4.67. The molecule has 0 aromatic heterocycles. The van der Waals surface area contributed by atoms with Crippen LogP contribution in [0, 0.1) is 24.0 Å². The van der Waals surface area contributed by atoms with Crippen LogP contribution in [-0.2, 0) is 0 Å². The second-order valence-corrected chi connectivity index (χ2v) is 5.59. The largest absolute Gasteiger partial charge is 0.332 e. The molecule has 7 heteroatoms. The van der Waals surface area contributed by atoms with Crippen LogP contribution in [0.2, 0.25) is 5.02 Å². The van der Waals surface area contributed by atoms with Gasteiger partial charge in [0.25, 0.3) is 5.69 Å². The van der Waals surface area contributed by atoms with Gasteiger partial charge in [0, 0.05) is 16.8 Å². The number of nitrogens with zero attached hydrogens (tertiary/aromatic N) is 1. The van der Waals surface area contributed by atoms with E-state index in [1.165, 1.54) is 6.07 Å². The maximum Gasteiger partial charge on any atom is 0.274 e. The summed E-state index contributed by atoms with van der Waals surface area (Å²) < 4.78 is 0. The van der Waals surface area contributed by atoms with E-state index in [9.17, 15) is 10.1 Å². The lowest BCUT2D eigenvalue weighted by molar-refractivity contribution is -0.385. The number of anilines is 2. The summed E-state index contributed by atoms with van der Waals surface area (Å²) in [5.74, 6) is 0. The molecule has 2 N–H and O–H groups in total. The van der Waals surface area contributed by atoms with Crippen molar-refractivity contribution in [2.75, 3.05) is 10.6 Å². The quantitative estimate of drug-likeness (QED) is 0.484. The summed E-state index contributed by atoms with van der Waals surface area (Å²) in [5, 5.41) is 17.9. The summed E-state index contributed by atoms with van der Waals surface area (Å²) in [7, 11) is 0. The summed E-state index contributed by atoms with van der Waals surface area (Å²) in [5.41, 5.74) is 2.94. The summed E-state index contributed by atoms with van der Waals surface area (Å²) in [4.78, 5) is 10.5. The second kappa shape index (κ2) is 6.72. The molecule has 0 aliphatic carbocycles. The third kappa shape index (κ3) is 3.72. The van der Waals surface area contributed by atoms with E-state index in [0.717, 1.165) is 11.3 Å². The highest BCUT2D eigenvalue weighted by Crippen LogP contribution is 2.26. The summed E-state index contributed by atoms with van der Waals surface area (Å²) in [6.07, 6.45) is 0. The number of hydrogen-bond donors (Lipinski definition) is 2. The number of benzene rings is 2. The lowest BCUT2D eigenvalue weighted by atomic mass is 10.1. The van der Waals surface area contributed by atoms with Crippen molar-refractivity contribution in [3.05, 3.63) is 62.7 Å². The van der Waals surface area contributed by atoms with Crippen molar-refractivity contribution in [2.45, 2.75) is 13.8 Å². The van der Waals surface area contributed by atoms with Crippen LogP contribution in [0.25, 0.3) is 0 Å². The zero-order valence-corrected chi connectivity index (χ0v) is 13.6. The summed E-state index contributed by atoms with van der Waals surface area (Å²) in [6.45, 7) is 3.60. The van der Waals surface area contributed by atoms with Crippen molar-refractivity contribution in [1.29, 1.82) is 0 Å². The molecule has 2 aromatic carbocycles. The van der Waals surface area contributed by atoms with Crippen LogP contribution in [0.15, 0.2) is 36.4 Å². The normalized spacial score (nSPS) is 10.1. The Morgan fingerprint density at radius 2 is 1.86 bits per heavy atom. The average Bonchev–Trinajstić information content (AvgIpc) is 2.45. The number of nitrogens with one attached hydrogen (secondary N) is 2. The highest BCUT2D eigenvalue weighted by molar-refractivity contribution is 7.80. The number of thiocarbonyl (C=S) groups is 1. The van der Waals surface area contributed by atoms with Gasteiger partial charge in [0.1, 0.15) is 0 Å². The Bertz CT molecular complexity index is 750. The Kier molecular flexibility index (Phi) is 4.95. The monoisotopic (exact) mass is 335 g/mol. The van der Waals surface area contributed by atoms with Gasteiger partial charge >= 0.3 is 0 Å². The molecule has 0 heterocycles. The molecule has 0 radical (unpaired) electrons. The van der Waals surface area contributed by atoms with Gasteiger partial charge in [-0.3, -0.25) is 10.1 Å². The van der Waals surface area contributed by atoms with E-state index in [4.69, 9.17) is 23.8 Å². The van der Waals surface area contributed by atoms with Gasteiger partial charge in [-0.2, -0.15) is 0 Å². The predicted molar refractivity (Wildman–Crippen MR) is 93.9 cm³/mol. The molecule has 0 spiro atoms. The Hall–Kier alpha value is -2.18. The van der Waals surface area contributed by atoms with Gasteiger partial charge in [0.15, 0.2) is 5.11 Å². The standard InChI is InChI=1S/C15H14ClN3O2S/c1-9-6-7-11(16)8-13(9)18-15(22)17-12-4-3-5-14(10(12)2)19(20)21/h3-8H,1-2H3,(H2,17,18,22). The van der Waals surface area contributed by atoms with Gasteiger partial charge in [-0.25, -0.2) is 0 Å². The molecule has 0 atom stereocenters. The lowest BCUT2D eigenvalue weighted by Crippen LogP contribution is -2.20. The zero-order valence-electron chi connectivity index (χ0n) is 12.0. The topological polar surface area (TPSA) is 67.2 Å². The van der Waals surface area contributed by atoms with E-state index >= 15 is 0 Å². The van der Waals surface area contributed by atoms with E-state index in [1.54, 1.807) is 31.2 Å². The Morgan fingerprint density at radius 3 is 2.55 bits per heavy atom. The van der Waals surface area contributed by atoms with Crippen LogP contribution in [-0.4, -0.2) is 10.0 Å². The summed E-state index contributed by atoms with van der Waals surface area (Å²) in [6, 6.07) is 10.3. The fourth-order valence-corrected chi connectivity index (χ4v) is 2.35. The van der Waals surface area contributed by atoms with Gasteiger partial charge in [-0.1, -0.05) is 23.7 Å². The molecule has 0 bridgehead atoms. The molecule has 0 unspecified atom stereocenters. The third-order valence-electron chi connectivity index (χ3n) is 3.20. The molecular weight excluding hydrogens is 322 g/mol. The first kappa shape index (κ1) is 16.2. The van der Waals surface area contributed by atoms with Gasteiger partial charge < -0.3 is 10.6 Å². The Balaban J connectivity index is 2.18. The minimum absolute atomic E-state index is 0.0479. The van der Waals surface area contributed by atoms with Crippen molar-refractivity contribution in [3.8, 4) is 0 Å². The second-order valence-electron chi connectivity index (χ2n) is 4.75. The van der Waals surface area contributed by atoms with Crippen molar-refractivity contribution >= 4 is 46.0 Å². The van der Waals surface area contributed by atoms with Crippen LogP contribution in [0.4, 0.5) is 17.1 Å². The highest BCUT2D eigenvalue weighted by Gasteiger charge is 2.14. The molecule has 0 amide bonds. The zero-order chi connectivity index (χ0) is 16.3. The van der Waals surface area contributed by atoms with E-state index in [-0.39, 0.29) is 5.69 Å². The van der Waals surface area contributed by atoms with Gasteiger partial charge in [-0.05, 0) is 49.8 Å². The first-order chi connectivity index (χ1) is 10.4. The first-order valence-corrected chi connectivity index (χ1v) is 7.25. The van der Waals surface area contributed by atoms with Crippen LogP contribution >= 0.6 is 23.8 Å². The van der Waals surface area contributed by atoms with Gasteiger partial charge in [0.05, 0.1) is 16.2 Å². The molecule has 0 saturated carbocycles. The molecule has 2 rings (SSSR count). The molecule has 0 saturated heterocycles. The smallest absolute Gasteiger partial charge is 0.274 e. The van der Waals surface area contributed by atoms with Crippen molar-refractivity contribution in [3.63, 3.8) is 0 Å². The van der Waals surface area contributed by atoms with Crippen molar-refractivity contribution < 1.29 is 4.92 Å². The lowest BCUT2D eigenvalue weighted by Gasteiger charge is -2.14. The minimum Gasteiger partial charge on any atom is -0.332 e. The number of halogens is 1. The molecule has 0 aliphatic rings. The van der Waals surface area contributed by atoms with E-state index in [2.05, 4.69) is 10.6 Å². The SMILES string of the molecule is Cc1ccc(Cl)cc1NC(=S)Nc1cccc([N+](=O)[O-])c1C.